The Labute approximate surface area is 194 Å². The highest BCUT2D eigenvalue weighted by atomic mass is 32.2. The van der Waals surface area contributed by atoms with Crippen molar-refractivity contribution in [2.45, 2.75) is 43.1 Å². The maximum atomic E-state index is 13.0. The van der Waals surface area contributed by atoms with Crippen LogP contribution in [0.3, 0.4) is 0 Å². The Bertz CT molecular complexity index is 1060. The lowest BCUT2D eigenvalue weighted by Gasteiger charge is -2.26. The molecule has 0 bridgehead atoms. The van der Waals surface area contributed by atoms with Crippen LogP contribution in [0.4, 0.5) is 5.69 Å². The summed E-state index contributed by atoms with van der Waals surface area (Å²) in [6.45, 7) is 2.28. The van der Waals surface area contributed by atoms with Crippen LogP contribution in [-0.2, 0) is 14.8 Å². The average molecular weight is 475 g/mol. The fourth-order valence-electron chi connectivity index (χ4n) is 4.06. The van der Waals surface area contributed by atoms with Crippen molar-refractivity contribution in [1.29, 1.82) is 0 Å². The van der Waals surface area contributed by atoms with Crippen molar-refractivity contribution in [2.24, 2.45) is 0 Å². The Morgan fingerprint density at radius 3 is 2.52 bits per heavy atom. The normalized spacial score (nSPS) is 19.2. The van der Waals surface area contributed by atoms with Gasteiger partial charge in [0.1, 0.15) is 18.1 Å². The Kier molecular flexibility index (Phi) is 7.52. The first-order valence-electron chi connectivity index (χ1n) is 11.3. The minimum absolute atomic E-state index is 0.119. The number of methoxy groups -OCH3 is 1. The lowest BCUT2D eigenvalue weighted by molar-refractivity contribution is 0.0679. The molecule has 1 N–H and O–H groups in total. The Morgan fingerprint density at radius 1 is 1.09 bits per heavy atom. The number of nitrogens with one attached hydrogen (secondary N) is 1. The molecule has 2 fully saturated rings. The summed E-state index contributed by atoms with van der Waals surface area (Å²) in [5.41, 5.74) is 0.727. The molecule has 178 valence electrons. The van der Waals surface area contributed by atoms with Gasteiger partial charge in [0.2, 0.25) is 10.0 Å². The van der Waals surface area contributed by atoms with Gasteiger partial charge in [-0.2, -0.15) is 4.31 Å². The third-order valence-corrected chi connectivity index (χ3v) is 7.84. The molecule has 2 saturated heterocycles. The van der Waals surface area contributed by atoms with E-state index in [4.69, 9.17) is 14.2 Å². The van der Waals surface area contributed by atoms with Gasteiger partial charge in [-0.1, -0.05) is 6.42 Å². The van der Waals surface area contributed by atoms with E-state index >= 15 is 0 Å². The summed E-state index contributed by atoms with van der Waals surface area (Å²) in [6, 6.07) is 11.3. The summed E-state index contributed by atoms with van der Waals surface area (Å²) >= 11 is 0. The minimum Gasteiger partial charge on any atom is -0.495 e. The van der Waals surface area contributed by atoms with Gasteiger partial charge in [-0.15, -0.1) is 0 Å². The first kappa shape index (κ1) is 23.5. The fraction of sp³-hybridized carbons (Fsp3) is 0.458. The molecule has 0 unspecified atom stereocenters. The van der Waals surface area contributed by atoms with Crippen molar-refractivity contribution in [2.75, 3.05) is 38.7 Å². The topological polar surface area (TPSA) is 94.2 Å². The fourth-order valence-corrected chi connectivity index (χ4v) is 5.61. The largest absolute Gasteiger partial charge is 0.495 e. The third-order valence-electron chi connectivity index (χ3n) is 5.95. The van der Waals surface area contributed by atoms with E-state index in [-0.39, 0.29) is 16.9 Å². The van der Waals surface area contributed by atoms with Gasteiger partial charge in [0.15, 0.2) is 0 Å². The Balaban J connectivity index is 1.45. The van der Waals surface area contributed by atoms with Gasteiger partial charge < -0.3 is 19.5 Å². The van der Waals surface area contributed by atoms with Gasteiger partial charge in [-0.3, -0.25) is 4.79 Å². The van der Waals surface area contributed by atoms with E-state index in [2.05, 4.69) is 5.32 Å². The van der Waals surface area contributed by atoms with Crippen LogP contribution in [0, 0.1) is 0 Å². The number of hydrogen-bond donors (Lipinski definition) is 1. The summed E-state index contributed by atoms with van der Waals surface area (Å²) in [5, 5.41) is 2.78. The maximum absolute atomic E-state index is 13.0. The van der Waals surface area contributed by atoms with Crippen molar-refractivity contribution in [3.8, 4) is 11.5 Å². The summed E-state index contributed by atoms with van der Waals surface area (Å²) < 4.78 is 44.2. The number of rotatable bonds is 8. The van der Waals surface area contributed by atoms with Gasteiger partial charge in [0.25, 0.3) is 5.91 Å². The van der Waals surface area contributed by atoms with Crippen LogP contribution >= 0.6 is 0 Å². The molecule has 8 nitrogen and oxygen atoms in total. The molecule has 0 saturated carbocycles. The number of anilines is 1. The summed E-state index contributed by atoms with van der Waals surface area (Å²) in [4.78, 5) is 13.0. The van der Waals surface area contributed by atoms with E-state index < -0.39 is 10.0 Å². The highest BCUT2D eigenvalue weighted by Gasteiger charge is 2.27. The Morgan fingerprint density at radius 2 is 1.85 bits per heavy atom. The molecule has 1 atom stereocenters. The molecule has 0 aromatic heterocycles. The van der Waals surface area contributed by atoms with Gasteiger partial charge in [0, 0.05) is 25.3 Å². The molecule has 2 heterocycles. The number of nitrogens with zero attached hydrogens (tertiary/aromatic N) is 1. The second kappa shape index (κ2) is 10.5. The quantitative estimate of drug-likeness (QED) is 0.627. The monoisotopic (exact) mass is 474 g/mol. The molecule has 2 aliphatic rings. The first-order valence-corrected chi connectivity index (χ1v) is 12.8. The molecular formula is C24H30N2O6S. The van der Waals surface area contributed by atoms with E-state index in [9.17, 15) is 13.2 Å². The highest BCUT2D eigenvalue weighted by molar-refractivity contribution is 7.89. The van der Waals surface area contributed by atoms with E-state index in [1.54, 1.807) is 30.3 Å². The van der Waals surface area contributed by atoms with Gasteiger partial charge in [0.05, 0.1) is 23.8 Å². The van der Waals surface area contributed by atoms with Crippen LogP contribution < -0.4 is 14.8 Å². The highest BCUT2D eigenvalue weighted by Crippen LogP contribution is 2.30. The van der Waals surface area contributed by atoms with Crippen molar-refractivity contribution in [3.63, 3.8) is 0 Å². The lowest BCUT2D eigenvalue weighted by Crippen LogP contribution is -2.35. The second-order valence-corrected chi connectivity index (χ2v) is 10.2. The number of benzene rings is 2. The number of sulfonamides is 1. The third kappa shape index (κ3) is 5.66. The minimum atomic E-state index is -3.63. The lowest BCUT2D eigenvalue weighted by atomic mass is 10.2. The van der Waals surface area contributed by atoms with Crippen LogP contribution in [0.2, 0.25) is 0 Å². The van der Waals surface area contributed by atoms with Crippen molar-refractivity contribution in [1.82, 2.24) is 4.31 Å². The summed E-state index contributed by atoms with van der Waals surface area (Å²) in [5.74, 6) is 0.679. The molecule has 33 heavy (non-hydrogen) atoms. The molecular weight excluding hydrogens is 444 g/mol. The van der Waals surface area contributed by atoms with Gasteiger partial charge in [-0.25, -0.2) is 8.42 Å². The standard InChI is InChI=1S/C24H30N2O6S/c1-30-23-12-11-21(33(28,29)26-13-3-2-4-14-26)16-22(23)25-24(27)18-7-9-19(10-8-18)32-17-20-6-5-15-31-20/h7-12,16,20H,2-6,13-15,17H2,1H3,(H,25,27)/t20-/m0/s1. The van der Waals surface area contributed by atoms with E-state index in [1.807, 2.05) is 0 Å². The smallest absolute Gasteiger partial charge is 0.255 e. The zero-order chi connectivity index (χ0) is 23.3. The molecule has 1 amide bonds. The second-order valence-electron chi connectivity index (χ2n) is 8.25. The van der Waals surface area contributed by atoms with Crippen LogP contribution in [0.25, 0.3) is 0 Å². The molecule has 0 aliphatic carbocycles. The maximum Gasteiger partial charge on any atom is 0.255 e. The number of ether oxygens (including phenoxy) is 3. The van der Waals surface area contributed by atoms with Gasteiger partial charge >= 0.3 is 0 Å². The molecule has 4 rings (SSSR count). The van der Waals surface area contributed by atoms with Crippen molar-refractivity contribution in [3.05, 3.63) is 48.0 Å². The summed E-state index contributed by atoms with van der Waals surface area (Å²) in [7, 11) is -2.15. The van der Waals surface area contributed by atoms with Crippen LogP contribution in [-0.4, -0.2) is 58.1 Å². The number of hydrogen-bond acceptors (Lipinski definition) is 6. The van der Waals surface area contributed by atoms with Crippen LogP contribution in [0.1, 0.15) is 42.5 Å². The number of carbonyl (C=O) groups is 1. The Hall–Kier alpha value is -2.62. The number of amides is 1. The molecule has 2 aromatic rings. The number of carbonyl (C=O) groups excluding carboxylic acids is 1. The van der Waals surface area contributed by atoms with Crippen LogP contribution in [0.15, 0.2) is 47.4 Å². The predicted octanol–water partition coefficient (Wildman–Crippen LogP) is 3.68. The van der Waals surface area contributed by atoms with Crippen molar-refractivity contribution >= 4 is 21.6 Å². The van der Waals surface area contributed by atoms with Gasteiger partial charge in [-0.05, 0) is 68.1 Å². The van der Waals surface area contributed by atoms with Crippen molar-refractivity contribution < 1.29 is 27.4 Å². The predicted molar refractivity (Wildman–Crippen MR) is 124 cm³/mol. The van der Waals surface area contributed by atoms with E-state index in [0.717, 1.165) is 38.7 Å². The van der Waals surface area contributed by atoms with Crippen LogP contribution in [0.5, 0.6) is 11.5 Å². The number of piperidine rings is 1. The zero-order valence-corrected chi connectivity index (χ0v) is 19.6. The van der Waals surface area contributed by atoms with E-state index in [0.29, 0.717) is 42.4 Å². The summed E-state index contributed by atoms with van der Waals surface area (Å²) in [6.07, 6.45) is 4.91. The SMILES string of the molecule is COc1ccc(S(=O)(=O)N2CCCCC2)cc1NC(=O)c1ccc(OC[C@@H]2CCCO2)cc1. The molecule has 0 spiro atoms. The molecule has 2 aromatic carbocycles. The van der Waals surface area contributed by atoms with E-state index in [1.165, 1.54) is 23.5 Å². The molecule has 9 heteroatoms. The zero-order valence-electron chi connectivity index (χ0n) is 18.8. The molecule has 2 aliphatic heterocycles. The average Bonchev–Trinajstić information content (AvgIpc) is 3.37. The molecule has 0 radical (unpaired) electrons. The first-order chi connectivity index (χ1) is 16.0.